The second-order valence-corrected chi connectivity index (χ2v) is 7.32. The minimum Gasteiger partial charge on any atom is -0.357 e. The van der Waals surface area contributed by atoms with Crippen LogP contribution in [0.25, 0.3) is 0 Å². The molecule has 7 heteroatoms. The Morgan fingerprint density at radius 2 is 2.29 bits per heavy atom. The van der Waals surface area contributed by atoms with E-state index in [1.54, 1.807) is 11.3 Å². The third-order valence-electron chi connectivity index (χ3n) is 4.33. The molecule has 1 aliphatic heterocycles. The molecule has 130 valence electrons. The van der Waals surface area contributed by atoms with Crippen LogP contribution in [0, 0.1) is 0 Å². The normalized spacial score (nSPS) is 18.4. The number of likely N-dealkylation sites (tertiary alicyclic amines) is 1. The lowest BCUT2D eigenvalue weighted by Crippen LogP contribution is -2.40. The van der Waals surface area contributed by atoms with Gasteiger partial charge in [-0.15, -0.1) is 11.3 Å². The van der Waals surface area contributed by atoms with Crippen molar-refractivity contribution in [1.29, 1.82) is 0 Å². The van der Waals surface area contributed by atoms with Crippen LogP contribution in [0.3, 0.4) is 0 Å². The van der Waals surface area contributed by atoms with Crippen molar-refractivity contribution in [2.45, 2.75) is 39.2 Å². The molecule has 0 spiro atoms. The predicted octanol–water partition coefficient (Wildman–Crippen LogP) is 2.39. The highest BCUT2D eigenvalue weighted by molar-refractivity contribution is 7.11. The number of thiazole rings is 1. The van der Waals surface area contributed by atoms with Crippen molar-refractivity contribution in [3.05, 3.63) is 34.0 Å². The fourth-order valence-electron chi connectivity index (χ4n) is 3.03. The van der Waals surface area contributed by atoms with Gasteiger partial charge in [-0.1, -0.05) is 6.92 Å². The van der Waals surface area contributed by atoms with Gasteiger partial charge in [0, 0.05) is 49.9 Å². The van der Waals surface area contributed by atoms with Gasteiger partial charge in [0.05, 0.1) is 12.7 Å². The minimum atomic E-state index is 0.536. The minimum absolute atomic E-state index is 0.536. The number of guanidine groups is 1. The van der Waals surface area contributed by atoms with Crippen molar-refractivity contribution in [3.63, 3.8) is 0 Å². The van der Waals surface area contributed by atoms with Crippen LogP contribution in [-0.2, 0) is 20.0 Å². The average molecular weight is 347 g/mol. The molecular weight excluding hydrogens is 320 g/mol. The number of nitrogens with one attached hydrogen (secondary N) is 1. The van der Waals surface area contributed by atoms with Gasteiger partial charge in [0.1, 0.15) is 5.01 Å². The zero-order chi connectivity index (χ0) is 16.9. The fraction of sp³-hybridized carbons (Fsp3) is 0.588. The largest absolute Gasteiger partial charge is 0.357 e. The summed E-state index contributed by atoms with van der Waals surface area (Å²) < 4.78 is 1.88. The summed E-state index contributed by atoms with van der Waals surface area (Å²) in [5.74, 6) is 1.53. The van der Waals surface area contributed by atoms with Crippen LogP contribution < -0.4 is 5.32 Å². The first-order chi connectivity index (χ1) is 11.7. The van der Waals surface area contributed by atoms with Crippen molar-refractivity contribution in [2.75, 3.05) is 19.6 Å². The standard InChI is InChI=1S/C17H26N6S/c1-4-15-9-19-16(24-15)10-20-17(18-5-2)23-7-6-13(12-23)14-8-21-22(3)11-14/h8-9,11,13H,4-7,10,12H2,1-3H3,(H,18,20). The van der Waals surface area contributed by atoms with Crippen molar-refractivity contribution in [3.8, 4) is 0 Å². The second kappa shape index (κ2) is 7.79. The van der Waals surface area contributed by atoms with Crippen LogP contribution in [0.2, 0.25) is 0 Å². The number of aliphatic imine (C=N–C) groups is 1. The van der Waals surface area contributed by atoms with Gasteiger partial charge in [-0.2, -0.15) is 5.10 Å². The predicted molar refractivity (Wildman–Crippen MR) is 98.4 cm³/mol. The summed E-state index contributed by atoms with van der Waals surface area (Å²) in [5, 5.41) is 8.81. The third kappa shape index (κ3) is 3.95. The summed E-state index contributed by atoms with van der Waals surface area (Å²) in [6.45, 7) is 7.83. The van der Waals surface area contributed by atoms with Gasteiger partial charge in [0.2, 0.25) is 0 Å². The van der Waals surface area contributed by atoms with Crippen LogP contribution in [0.1, 0.15) is 41.6 Å². The third-order valence-corrected chi connectivity index (χ3v) is 5.46. The van der Waals surface area contributed by atoms with Crippen LogP contribution in [0.4, 0.5) is 0 Å². The van der Waals surface area contributed by atoms with E-state index in [1.165, 1.54) is 10.4 Å². The Morgan fingerprint density at radius 3 is 2.96 bits per heavy atom. The zero-order valence-electron chi connectivity index (χ0n) is 14.7. The first-order valence-electron chi connectivity index (χ1n) is 8.65. The summed E-state index contributed by atoms with van der Waals surface area (Å²) in [6, 6.07) is 0. The lowest BCUT2D eigenvalue weighted by molar-refractivity contribution is 0.486. The van der Waals surface area contributed by atoms with Gasteiger partial charge in [-0.05, 0) is 25.3 Å². The van der Waals surface area contributed by atoms with Crippen LogP contribution >= 0.6 is 11.3 Å². The molecule has 2 aromatic heterocycles. The van der Waals surface area contributed by atoms with Gasteiger partial charge in [-0.3, -0.25) is 4.68 Å². The Bertz CT molecular complexity index is 689. The zero-order valence-corrected chi connectivity index (χ0v) is 15.5. The lowest BCUT2D eigenvalue weighted by Gasteiger charge is -2.21. The average Bonchev–Trinajstić information content (AvgIpc) is 3.31. The van der Waals surface area contributed by atoms with Crippen molar-refractivity contribution >= 4 is 17.3 Å². The smallest absolute Gasteiger partial charge is 0.194 e. The topological polar surface area (TPSA) is 58.3 Å². The molecule has 1 N–H and O–H groups in total. The Balaban J connectivity index is 1.65. The summed E-state index contributed by atoms with van der Waals surface area (Å²) in [5.41, 5.74) is 1.32. The van der Waals surface area contributed by atoms with E-state index in [0.717, 1.165) is 43.4 Å². The molecule has 1 aliphatic rings. The molecule has 0 saturated carbocycles. The Hall–Kier alpha value is -1.89. The molecule has 2 aromatic rings. The van der Waals surface area contributed by atoms with Gasteiger partial charge in [-0.25, -0.2) is 9.98 Å². The highest BCUT2D eigenvalue weighted by atomic mass is 32.1. The number of nitrogens with zero attached hydrogens (tertiary/aromatic N) is 5. The van der Waals surface area contributed by atoms with Gasteiger partial charge in [0.25, 0.3) is 0 Å². The number of aromatic nitrogens is 3. The summed E-state index contributed by atoms with van der Waals surface area (Å²) >= 11 is 1.76. The molecule has 1 unspecified atom stereocenters. The quantitative estimate of drug-likeness (QED) is 0.667. The van der Waals surface area contributed by atoms with E-state index in [-0.39, 0.29) is 0 Å². The highest BCUT2D eigenvalue weighted by Gasteiger charge is 2.26. The van der Waals surface area contributed by atoms with Gasteiger partial charge >= 0.3 is 0 Å². The maximum Gasteiger partial charge on any atom is 0.194 e. The number of rotatable bonds is 5. The van der Waals surface area contributed by atoms with E-state index in [1.807, 2.05) is 24.1 Å². The van der Waals surface area contributed by atoms with E-state index in [0.29, 0.717) is 12.5 Å². The second-order valence-electron chi connectivity index (χ2n) is 6.12. The molecule has 0 bridgehead atoms. The molecule has 0 amide bonds. The van der Waals surface area contributed by atoms with Crippen LogP contribution in [0.15, 0.2) is 23.6 Å². The summed E-state index contributed by atoms with van der Waals surface area (Å²) in [4.78, 5) is 12.9. The molecule has 0 aliphatic carbocycles. The molecule has 1 atom stereocenters. The molecule has 6 nitrogen and oxygen atoms in total. The lowest BCUT2D eigenvalue weighted by atomic mass is 10.0. The molecular formula is C17H26N6S. The van der Waals surface area contributed by atoms with Crippen molar-refractivity contribution in [2.24, 2.45) is 12.0 Å². The fourth-order valence-corrected chi connectivity index (χ4v) is 3.82. The van der Waals surface area contributed by atoms with Crippen LogP contribution in [-0.4, -0.2) is 45.3 Å². The van der Waals surface area contributed by atoms with E-state index in [2.05, 4.69) is 40.3 Å². The first-order valence-corrected chi connectivity index (χ1v) is 9.46. The number of hydrogen-bond donors (Lipinski definition) is 1. The van der Waals surface area contributed by atoms with Crippen LogP contribution in [0.5, 0.6) is 0 Å². The molecule has 3 heterocycles. The van der Waals surface area contributed by atoms with E-state index in [4.69, 9.17) is 4.99 Å². The number of hydrogen-bond acceptors (Lipinski definition) is 4. The summed E-state index contributed by atoms with van der Waals surface area (Å²) in [6.07, 6.45) is 8.27. The monoisotopic (exact) mass is 346 g/mol. The van der Waals surface area contributed by atoms with E-state index >= 15 is 0 Å². The Morgan fingerprint density at radius 1 is 1.42 bits per heavy atom. The summed E-state index contributed by atoms with van der Waals surface area (Å²) in [7, 11) is 1.97. The molecule has 0 aromatic carbocycles. The molecule has 0 radical (unpaired) electrons. The number of aryl methyl sites for hydroxylation is 2. The maximum atomic E-state index is 4.81. The molecule has 24 heavy (non-hydrogen) atoms. The first kappa shape index (κ1) is 17.0. The van der Waals surface area contributed by atoms with Crippen molar-refractivity contribution < 1.29 is 0 Å². The van der Waals surface area contributed by atoms with Gasteiger partial charge < -0.3 is 10.2 Å². The van der Waals surface area contributed by atoms with E-state index < -0.39 is 0 Å². The molecule has 1 saturated heterocycles. The Kier molecular flexibility index (Phi) is 5.50. The maximum absolute atomic E-state index is 4.81. The Labute approximate surface area is 147 Å². The van der Waals surface area contributed by atoms with Gasteiger partial charge in [0.15, 0.2) is 5.96 Å². The molecule has 1 fully saturated rings. The van der Waals surface area contributed by atoms with Crippen molar-refractivity contribution in [1.82, 2.24) is 25.0 Å². The SMILES string of the molecule is CCNC(=NCc1ncc(CC)s1)N1CCC(c2cnn(C)c2)C1. The molecule has 3 rings (SSSR count). The highest BCUT2D eigenvalue weighted by Crippen LogP contribution is 2.26. The van der Waals surface area contributed by atoms with E-state index in [9.17, 15) is 0 Å².